The van der Waals surface area contributed by atoms with Gasteiger partial charge in [-0.25, -0.2) is 14.6 Å². The molecule has 0 saturated carbocycles. The molecule has 2 aromatic carbocycles. The number of ether oxygens (including phenoxy) is 2. The lowest BCUT2D eigenvalue weighted by molar-refractivity contribution is -0.162. The van der Waals surface area contributed by atoms with E-state index in [9.17, 15) is 24.0 Å². The van der Waals surface area contributed by atoms with Crippen LogP contribution in [0.5, 0.6) is 0 Å². The van der Waals surface area contributed by atoms with E-state index in [1.165, 1.54) is 30.0 Å². The van der Waals surface area contributed by atoms with Crippen molar-refractivity contribution in [3.8, 4) is 22.4 Å². The van der Waals surface area contributed by atoms with Gasteiger partial charge in [0, 0.05) is 62.8 Å². The summed E-state index contributed by atoms with van der Waals surface area (Å²) in [4.78, 5) is 77.3. The molecule has 5 heterocycles. The third-order valence-corrected chi connectivity index (χ3v) is 13.5. The molecule has 6 atom stereocenters. The van der Waals surface area contributed by atoms with Crippen molar-refractivity contribution in [1.82, 2.24) is 35.1 Å². The normalized spacial score (nSPS) is 22.3. The number of hydrogen-bond acceptors (Lipinski definition) is 9. The number of nitrogens with zero attached hydrogens (tertiary/aromatic N) is 5. The Morgan fingerprint density at radius 1 is 1.07 bits per heavy atom. The first-order valence-corrected chi connectivity index (χ1v) is 23.1. The number of pyridine rings is 1. The van der Waals surface area contributed by atoms with E-state index >= 15 is 4.39 Å². The quantitative estimate of drug-likeness (QED) is 0.0969. The summed E-state index contributed by atoms with van der Waals surface area (Å²) in [5.41, 5.74) is 7.63. The fourth-order valence-electron chi connectivity index (χ4n) is 9.91. The van der Waals surface area contributed by atoms with Crippen LogP contribution in [0.1, 0.15) is 90.0 Å². The predicted octanol–water partition coefficient (Wildman–Crippen LogP) is 7.04. The van der Waals surface area contributed by atoms with Gasteiger partial charge in [-0.2, -0.15) is 0 Å². The van der Waals surface area contributed by atoms with E-state index in [1.54, 1.807) is 36.6 Å². The number of esters is 1. The van der Waals surface area contributed by atoms with Crippen molar-refractivity contribution in [2.24, 2.45) is 11.3 Å². The number of carbonyl (C=O) groups is 5. The van der Waals surface area contributed by atoms with E-state index in [1.807, 2.05) is 69.3 Å². The van der Waals surface area contributed by atoms with Crippen molar-refractivity contribution in [1.29, 1.82) is 0 Å². The number of cyclic esters (lactones) is 1. The van der Waals surface area contributed by atoms with Crippen LogP contribution in [0.3, 0.4) is 0 Å². The van der Waals surface area contributed by atoms with Gasteiger partial charge in [0.25, 0.3) is 5.91 Å². The standard InChI is InChI=1S/C52H64FN7O7/c1-11-43(61)58-24-20-37(29-58)48(63)57(9)45(31(2)3)47(62)55-41-26-34-15-12-16-35(25-34)36-18-19-42-39(27-36)40(46(60(42)33(5)53)38-17-13-22-54-44(38)32(4)66-10)28-51(6,7)30-67-50(65)52(8)21-14-23-59(56-52)49(41)64/h11-13,15-19,22,25,27,32-33,37,41,45,56H,1-2,14,20-21,23-24,26,28-30H2,3-10H3,(H,55,62)/t32-,33?,37?,41-,45-,52+/m0/s1. The number of methoxy groups -OCH3 is 1. The minimum atomic E-state index is -1.43. The van der Waals surface area contributed by atoms with Crippen molar-refractivity contribution in [3.05, 3.63) is 102 Å². The first-order valence-electron chi connectivity index (χ1n) is 23.1. The Bertz CT molecular complexity index is 2610. The molecule has 0 aliphatic carbocycles. The van der Waals surface area contributed by atoms with Crippen LogP contribution in [-0.4, -0.2) is 112 Å². The zero-order chi connectivity index (χ0) is 48.5. The maximum Gasteiger partial charge on any atom is 0.327 e. The van der Waals surface area contributed by atoms with Gasteiger partial charge in [-0.05, 0) is 112 Å². The highest BCUT2D eigenvalue weighted by Gasteiger charge is 2.44. The zero-order valence-electron chi connectivity index (χ0n) is 40.0. The molecule has 356 valence electrons. The third-order valence-electron chi connectivity index (χ3n) is 13.5. The minimum absolute atomic E-state index is 0.0150. The Balaban J connectivity index is 1.32. The minimum Gasteiger partial charge on any atom is -0.464 e. The number of rotatable bonds is 10. The molecule has 4 amide bonds. The number of aromatic nitrogens is 2. The van der Waals surface area contributed by atoms with Crippen LogP contribution in [0.4, 0.5) is 4.39 Å². The molecular formula is C52H64FN7O7. The zero-order valence-corrected chi connectivity index (χ0v) is 40.0. The number of likely N-dealkylation sites (tertiary alicyclic amines) is 1. The lowest BCUT2D eigenvalue weighted by Crippen LogP contribution is -2.66. The fraction of sp³-hybridized carbons (Fsp3) is 0.462. The van der Waals surface area contributed by atoms with Crippen molar-refractivity contribution in [3.63, 3.8) is 0 Å². The van der Waals surface area contributed by atoms with Crippen LogP contribution in [0, 0.1) is 11.3 Å². The first kappa shape index (κ1) is 48.7. The van der Waals surface area contributed by atoms with Crippen LogP contribution in [0.2, 0.25) is 0 Å². The smallest absolute Gasteiger partial charge is 0.327 e. The van der Waals surface area contributed by atoms with E-state index in [0.29, 0.717) is 54.7 Å². The summed E-state index contributed by atoms with van der Waals surface area (Å²) in [7, 11) is 3.14. The lowest BCUT2D eigenvalue weighted by Gasteiger charge is -2.41. The van der Waals surface area contributed by atoms with Gasteiger partial charge in [0.1, 0.15) is 17.6 Å². The maximum atomic E-state index is 16.2. The Labute approximate surface area is 392 Å². The van der Waals surface area contributed by atoms with Gasteiger partial charge in [0.2, 0.25) is 17.7 Å². The highest BCUT2D eigenvalue weighted by atomic mass is 19.1. The number of fused-ring (bicyclic) bond motifs is 6. The number of amides is 4. The summed E-state index contributed by atoms with van der Waals surface area (Å²) in [6, 6.07) is 15.1. The summed E-state index contributed by atoms with van der Waals surface area (Å²) in [5.74, 6) is -2.73. The molecular weight excluding hydrogens is 854 g/mol. The number of alkyl halides is 1. The third kappa shape index (κ3) is 9.94. The number of nitrogens with one attached hydrogen (secondary N) is 2. The van der Waals surface area contributed by atoms with E-state index in [4.69, 9.17) is 14.5 Å². The molecule has 6 bridgehead atoms. The molecule has 67 heavy (non-hydrogen) atoms. The summed E-state index contributed by atoms with van der Waals surface area (Å²) < 4.78 is 29.9. The van der Waals surface area contributed by atoms with E-state index in [2.05, 4.69) is 30.0 Å². The van der Waals surface area contributed by atoms with E-state index < -0.39 is 59.1 Å². The molecule has 7 rings (SSSR count). The van der Waals surface area contributed by atoms with Gasteiger partial charge in [-0.1, -0.05) is 57.3 Å². The van der Waals surface area contributed by atoms with E-state index in [-0.39, 0.29) is 37.9 Å². The molecule has 0 radical (unpaired) electrons. The van der Waals surface area contributed by atoms with Crippen molar-refractivity contribution in [2.45, 2.75) is 104 Å². The number of halogens is 1. The van der Waals surface area contributed by atoms with Crippen molar-refractivity contribution >= 4 is 40.5 Å². The Kier molecular flexibility index (Phi) is 14.2. The predicted molar refractivity (Wildman–Crippen MR) is 255 cm³/mol. The van der Waals surface area contributed by atoms with Crippen LogP contribution in [0.25, 0.3) is 33.3 Å². The second kappa shape index (κ2) is 19.6. The SMILES string of the molecule is C=CC(=O)N1CCC(C(=O)N(C)[C@@H](C(=C)C)C(=O)N[C@H]2Cc3cccc(c3)-c3ccc4c(c3)c(c(-c3cccnc3[C@H](C)OC)n4C(C)F)CC(C)(C)COC(=O)[C@@]3(C)CCCN(N3)C2=O)C1. The summed E-state index contributed by atoms with van der Waals surface area (Å²) in [5, 5.41) is 5.19. The molecule has 15 heteroatoms. The Morgan fingerprint density at radius 2 is 1.82 bits per heavy atom. The van der Waals surface area contributed by atoms with Gasteiger partial charge in [0.15, 0.2) is 6.30 Å². The maximum absolute atomic E-state index is 16.2. The molecule has 3 aliphatic rings. The molecule has 2 unspecified atom stereocenters. The summed E-state index contributed by atoms with van der Waals surface area (Å²) in [6.45, 7) is 19.3. The van der Waals surface area contributed by atoms with Gasteiger partial charge in [0.05, 0.1) is 35.5 Å². The highest BCUT2D eigenvalue weighted by Crippen LogP contribution is 2.43. The molecule has 2 saturated heterocycles. The van der Waals surface area contributed by atoms with Crippen LogP contribution >= 0.6 is 0 Å². The molecule has 2 fully saturated rings. The van der Waals surface area contributed by atoms with Crippen molar-refractivity contribution < 1.29 is 37.8 Å². The van der Waals surface area contributed by atoms with Crippen molar-refractivity contribution in [2.75, 3.05) is 40.4 Å². The van der Waals surface area contributed by atoms with Crippen LogP contribution in [-0.2, 0) is 46.3 Å². The fourth-order valence-corrected chi connectivity index (χ4v) is 9.91. The van der Waals surface area contributed by atoms with Gasteiger partial charge in [-0.15, -0.1) is 0 Å². The second-order valence-electron chi connectivity index (χ2n) is 19.4. The molecule has 4 aromatic rings. The summed E-state index contributed by atoms with van der Waals surface area (Å²) in [6.07, 6.45) is 2.84. The number of hydrazine groups is 1. The number of benzene rings is 2. The highest BCUT2D eigenvalue weighted by molar-refractivity contribution is 5.97. The molecule has 2 aromatic heterocycles. The first-order chi connectivity index (χ1) is 31.8. The Morgan fingerprint density at radius 3 is 2.52 bits per heavy atom. The molecule has 0 spiro atoms. The van der Waals surface area contributed by atoms with Crippen LogP contribution in [0.15, 0.2) is 85.6 Å². The average Bonchev–Trinajstić information content (AvgIpc) is 3.92. The lowest BCUT2D eigenvalue weighted by atomic mass is 9.84. The Hall–Kier alpha value is -6.19. The topological polar surface area (TPSA) is 155 Å². The average molecular weight is 918 g/mol. The molecule has 3 aliphatic heterocycles. The monoisotopic (exact) mass is 917 g/mol. The summed E-state index contributed by atoms with van der Waals surface area (Å²) >= 11 is 0. The molecule has 2 N–H and O–H groups in total. The second-order valence-corrected chi connectivity index (χ2v) is 19.4. The van der Waals surface area contributed by atoms with Gasteiger partial charge in [-0.3, -0.25) is 29.2 Å². The number of carbonyl (C=O) groups excluding carboxylic acids is 5. The van der Waals surface area contributed by atoms with Crippen LogP contribution < -0.4 is 10.7 Å². The number of hydrogen-bond donors (Lipinski definition) is 2. The van der Waals surface area contributed by atoms with Gasteiger partial charge >= 0.3 is 5.97 Å². The van der Waals surface area contributed by atoms with E-state index in [0.717, 1.165) is 33.2 Å². The number of likely N-dealkylation sites (N-methyl/N-ethyl adjacent to an activating group) is 1. The van der Waals surface area contributed by atoms with Gasteiger partial charge < -0.3 is 29.2 Å². The largest absolute Gasteiger partial charge is 0.464 e. The molecule has 14 nitrogen and oxygen atoms in total.